The summed E-state index contributed by atoms with van der Waals surface area (Å²) in [7, 11) is 0. The molecule has 0 bridgehead atoms. The average Bonchev–Trinajstić information content (AvgIpc) is 3.01. The number of halogens is 1. The van der Waals surface area contributed by atoms with Crippen LogP contribution >= 0.6 is 11.6 Å². The predicted octanol–water partition coefficient (Wildman–Crippen LogP) is 9.87. The number of hydrogen-bond donors (Lipinski definition) is 0. The molecule has 0 spiro atoms. The number of benzene rings is 1. The molecule has 43 heavy (non-hydrogen) atoms. The van der Waals surface area contributed by atoms with Gasteiger partial charge in [0.15, 0.2) is 0 Å². The highest BCUT2D eigenvalue weighted by Gasteiger charge is 2.11. The molecule has 1 aromatic rings. The summed E-state index contributed by atoms with van der Waals surface area (Å²) in [6.45, 7) is 10.6. The number of carbonyl (C=O) groups is 2. The first-order valence-electron chi connectivity index (χ1n) is 17.2. The Labute approximate surface area is 267 Å². The molecular formula is C36H61ClO6. The molecule has 248 valence electrons. The van der Waals surface area contributed by atoms with Gasteiger partial charge in [-0.2, -0.15) is 0 Å². The Morgan fingerprint density at radius 1 is 0.651 bits per heavy atom. The van der Waals surface area contributed by atoms with Gasteiger partial charge in [-0.3, -0.25) is 9.59 Å². The SMILES string of the molecule is CCCCC(CC)COC(=O)CCCCCCCc1cc(OCCOC(=O)CCCCl)cc(OCC(CC)CCCC)c1. The van der Waals surface area contributed by atoms with Gasteiger partial charge in [-0.15, -0.1) is 11.6 Å². The standard InChI is InChI=1S/C36H61ClO6/c1-5-9-17-30(7-3)28-42-34-26-32(25-33(27-34)40-23-24-41-35(38)21-16-22-37)19-14-12-11-13-15-20-36(39)43-29-31(8-4)18-10-6-2/h25-27,30-31H,5-24,28-29H2,1-4H3. The zero-order valence-corrected chi connectivity index (χ0v) is 28.5. The van der Waals surface area contributed by atoms with Gasteiger partial charge in [-0.1, -0.05) is 85.5 Å². The fraction of sp³-hybridized carbons (Fsp3) is 0.778. The van der Waals surface area contributed by atoms with Crippen LogP contribution in [0.4, 0.5) is 0 Å². The van der Waals surface area contributed by atoms with Crippen LogP contribution in [0.1, 0.15) is 136 Å². The van der Waals surface area contributed by atoms with Crippen molar-refractivity contribution in [2.24, 2.45) is 11.8 Å². The van der Waals surface area contributed by atoms with Crippen LogP contribution in [0.2, 0.25) is 0 Å². The first-order valence-corrected chi connectivity index (χ1v) is 17.8. The second-order valence-electron chi connectivity index (χ2n) is 11.8. The molecule has 6 nitrogen and oxygen atoms in total. The van der Waals surface area contributed by atoms with Crippen LogP contribution in [0.15, 0.2) is 18.2 Å². The molecule has 0 aliphatic rings. The largest absolute Gasteiger partial charge is 0.493 e. The molecule has 0 amide bonds. The third-order valence-corrected chi connectivity index (χ3v) is 8.24. The minimum Gasteiger partial charge on any atom is -0.493 e. The van der Waals surface area contributed by atoms with Crippen molar-refractivity contribution >= 4 is 23.5 Å². The van der Waals surface area contributed by atoms with Gasteiger partial charge in [0, 0.05) is 24.8 Å². The Hall–Kier alpha value is -1.95. The van der Waals surface area contributed by atoms with Gasteiger partial charge in [-0.25, -0.2) is 0 Å². The maximum Gasteiger partial charge on any atom is 0.305 e. The lowest BCUT2D eigenvalue weighted by Crippen LogP contribution is -2.13. The van der Waals surface area contributed by atoms with E-state index in [9.17, 15) is 9.59 Å². The van der Waals surface area contributed by atoms with E-state index in [-0.39, 0.29) is 18.5 Å². The van der Waals surface area contributed by atoms with Crippen LogP contribution in [-0.2, 0) is 25.5 Å². The molecular weight excluding hydrogens is 564 g/mol. The zero-order valence-electron chi connectivity index (χ0n) is 27.8. The Balaban J connectivity index is 2.50. The summed E-state index contributed by atoms with van der Waals surface area (Å²) in [4.78, 5) is 23.9. The van der Waals surface area contributed by atoms with E-state index in [1.807, 2.05) is 6.07 Å². The van der Waals surface area contributed by atoms with Gasteiger partial charge in [0.05, 0.1) is 13.2 Å². The summed E-state index contributed by atoms with van der Waals surface area (Å²) in [5.74, 6) is 2.77. The number of esters is 2. The summed E-state index contributed by atoms with van der Waals surface area (Å²) in [6.07, 6.45) is 16.9. The van der Waals surface area contributed by atoms with E-state index in [1.165, 1.54) is 37.7 Å². The van der Waals surface area contributed by atoms with Crippen LogP contribution in [0.5, 0.6) is 11.5 Å². The highest BCUT2D eigenvalue weighted by atomic mass is 35.5. The van der Waals surface area contributed by atoms with E-state index in [0.717, 1.165) is 69.3 Å². The first kappa shape index (κ1) is 39.1. The second kappa shape index (κ2) is 26.5. The highest BCUT2D eigenvalue weighted by Crippen LogP contribution is 2.26. The number of carbonyl (C=O) groups excluding carboxylic acids is 2. The Bertz CT molecular complexity index is 845. The van der Waals surface area contributed by atoms with Crippen molar-refractivity contribution in [2.45, 2.75) is 137 Å². The van der Waals surface area contributed by atoms with Crippen molar-refractivity contribution in [2.75, 3.05) is 32.3 Å². The van der Waals surface area contributed by atoms with Gasteiger partial charge in [0.25, 0.3) is 0 Å². The van der Waals surface area contributed by atoms with Crippen LogP contribution in [0, 0.1) is 11.8 Å². The maximum absolute atomic E-state index is 12.1. The summed E-state index contributed by atoms with van der Waals surface area (Å²) in [5.41, 5.74) is 1.19. The molecule has 1 aromatic carbocycles. The molecule has 0 aliphatic carbocycles. The van der Waals surface area contributed by atoms with Crippen LogP contribution in [0.3, 0.4) is 0 Å². The minimum absolute atomic E-state index is 0.0516. The predicted molar refractivity (Wildman–Crippen MR) is 177 cm³/mol. The van der Waals surface area contributed by atoms with Gasteiger partial charge in [0.1, 0.15) is 24.7 Å². The van der Waals surface area contributed by atoms with E-state index in [0.29, 0.717) is 56.8 Å². The molecule has 0 N–H and O–H groups in total. The highest BCUT2D eigenvalue weighted by molar-refractivity contribution is 6.17. The molecule has 0 saturated heterocycles. The number of alkyl halides is 1. The van der Waals surface area contributed by atoms with Crippen molar-refractivity contribution < 1.29 is 28.5 Å². The fourth-order valence-electron chi connectivity index (χ4n) is 4.96. The molecule has 0 radical (unpaired) electrons. The van der Waals surface area contributed by atoms with E-state index >= 15 is 0 Å². The van der Waals surface area contributed by atoms with Crippen molar-refractivity contribution in [3.05, 3.63) is 23.8 Å². The molecule has 2 unspecified atom stereocenters. The lowest BCUT2D eigenvalue weighted by Gasteiger charge is -2.17. The van der Waals surface area contributed by atoms with Crippen LogP contribution < -0.4 is 9.47 Å². The van der Waals surface area contributed by atoms with Gasteiger partial charge >= 0.3 is 11.9 Å². The molecule has 0 fully saturated rings. The second-order valence-corrected chi connectivity index (χ2v) is 12.1. The third kappa shape index (κ3) is 20.6. The number of ether oxygens (including phenoxy) is 4. The number of aryl methyl sites for hydroxylation is 1. The number of hydrogen-bond acceptors (Lipinski definition) is 6. The normalized spacial score (nSPS) is 12.5. The maximum atomic E-state index is 12.1. The fourth-order valence-corrected chi connectivity index (χ4v) is 5.10. The average molecular weight is 625 g/mol. The number of rotatable bonds is 28. The van der Waals surface area contributed by atoms with E-state index < -0.39 is 0 Å². The van der Waals surface area contributed by atoms with Gasteiger partial charge < -0.3 is 18.9 Å². The molecule has 0 heterocycles. The van der Waals surface area contributed by atoms with Gasteiger partial charge in [0.2, 0.25) is 0 Å². The smallest absolute Gasteiger partial charge is 0.305 e. The van der Waals surface area contributed by atoms with E-state index in [1.54, 1.807) is 0 Å². The minimum atomic E-state index is -0.246. The molecule has 0 aliphatic heterocycles. The van der Waals surface area contributed by atoms with Crippen molar-refractivity contribution in [3.8, 4) is 11.5 Å². The Kier molecular flexibility index (Phi) is 24.0. The summed E-state index contributed by atoms with van der Waals surface area (Å²) in [5, 5.41) is 0. The van der Waals surface area contributed by atoms with Crippen LogP contribution in [0.25, 0.3) is 0 Å². The third-order valence-electron chi connectivity index (χ3n) is 7.97. The lowest BCUT2D eigenvalue weighted by molar-refractivity contribution is -0.145. The molecule has 0 saturated carbocycles. The Morgan fingerprint density at radius 2 is 1.23 bits per heavy atom. The van der Waals surface area contributed by atoms with E-state index in [2.05, 4.69) is 39.8 Å². The summed E-state index contributed by atoms with van der Waals surface area (Å²) < 4.78 is 23.0. The zero-order chi connectivity index (χ0) is 31.5. The molecule has 1 rings (SSSR count). The van der Waals surface area contributed by atoms with Gasteiger partial charge in [-0.05, 0) is 68.1 Å². The van der Waals surface area contributed by atoms with Crippen molar-refractivity contribution in [1.29, 1.82) is 0 Å². The summed E-state index contributed by atoms with van der Waals surface area (Å²) in [6, 6.07) is 6.14. The van der Waals surface area contributed by atoms with E-state index in [4.69, 9.17) is 30.5 Å². The Morgan fingerprint density at radius 3 is 1.88 bits per heavy atom. The monoisotopic (exact) mass is 624 g/mol. The molecule has 2 atom stereocenters. The summed E-state index contributed by atoms with van der Waals surface area (Å²) >= 11 is 5.65. The quantitative estimate of drug-likeness (QED) is 0.0525. The van der Waals surface area contributed by atoms with Crippen LogP contribution in [-0.4, -0.2) is 44.2 Å². The lowest BCUT2D eigenvalue weighted by atomic mass is 10.0. The van der Waals surface area contributed by atoms with Crippen molar-refractivity contribution in [3.63, 3.8) is 0 Å². The first-order chi connectivity index (χ1) is 20.9. The van der Waals surface area contributed by atoms with Crippen molar-refractivity contribution in [1.82, 2.24) is 0 Å². The topological polar surface area (TPSA) is 71.1 Å². The molecule has 0 aromatic heterocycles. The molecule has 7 heteroatoms. The number of unbranched alkanes of at least 4 members (excludes halogenated alkanes) is 6.